The number of nitrogens with zero attached hydrogens (tertiary/aromatic N) is 2. The van der Waals surface area contributed by atoms with Gasteiger partial charge >= 0.3 is 0 Å². The number of rotatable bonds is 5. The van der Waals surface area contributed by atoms with Gasteiger partial charge in [-0.25, -0.2) is 4.98 Å². The van der Waals surface area contributed by atoms with E-state index in [9.17, 15) is 0 Å². The molecule has 0 spiro atoms. The monoisotopic (exact) mass is 235 g/mol. The van der Waals surface area contributed by atoms with E-state index in [0.29, 0.717) is 0 Å². The lowest BCUT2D eigenvalue weighted by atomic mass is 9.87. The fraction of sp³-hybridized carbons (Fsp3) is 0.786. The molecule has 1 aromatic heterocycles. The van der Waals surface area contributed by atoms with Crippen LogP contribution in [-0.2, 0) is 13.1 Å². The highest BCUT2D eigenvalue weighted by atomic mass is 15.1. The summed E-state index contributed by atoms with van der Waals surface area (Å²) in [6.45, 7) is 6.63. The van der Waals surface area contributed by atoms with Gasteiger partial charge in [0.25, 0.3) is 0 Å². The van der Waals surface area contributed by atoms with Crippen molar-refractivity contribution >= 4 is 0 Å². The van der Waals surface area contributed by atoms with Crippen molar-refractivity contribution in [1.29, 1.82) is 0 Å². The van der Waals surface area contributed by atoms with Gasteiger partial charge < -0.3 is 9.88 Å². The maximum Gasteiger partial charge on any atom is 0.0948 e. The molecule has 1 saturated carbocycles. The van der Waals surface area contributed by atoms with E-state index in [1.165, 1.54) is 37.8 Å². The summed E-state index contributed by atoms with van der Waals surface area (Å²) in [4.78, 5) is 4.24. The van der Waals surface area contributed by atoms with Crippen LogP contribution in [-0.4, -0.2) is 15.6 Å². The Morgan fingerprint density at radius 1 is 1.35 bits per heavy atom. The largest absolute Gasteiger partial charge is 0.333 e. The number of hydrogen-bond donors (Lipinski definition) is 1. The summed E-state index contributed by atoms with van der Waals surface area (Å²) in [6.07, 6.45) is 10.5. The van der Waals surface area contributed by atoms with Crippen molar-refractivity contribution in [1.82, 2.24) is 14.9 Å². The second-order valence-electron chi connectivity index (χ2n) is 5.42. The minimum absolute atomic E-state index is 0.719. The highest BCUT2D eigenvalue weighted by molar-refractivity contribution is 4.98. The fourth-order valence-electron chi connectivity index (χ4n) is 2.65. The van der Waals surface area contributed by atoms with Crippen LogP contribution in [0.3, 0.4) is 0 Å². The second kappa shape index (κ2) is 6.20. The van der Waals surface area contributed by atoms with Crippen molar-refractivity contribution in [2.45, 2.75) is 65.1 Å². The molecule has 2 rings (SSSR count). The lowest BCUT2D eigenvalue weighted by molar-refractivity contribution is 0.305. The molecule has 3 heteroatoms. The molecule has 0 atom stereocenters. The molecule has 1 heterocycles. The molecule has 17 heavy (non-hydrogen) atoms. The molecule has 1 N–H and O–H groups in total. The van der Waals surface area contributed by atoms with Crippen molar-refractivity contribution in [2.24, 2.45) is 5.92 Å². The smallest absolute Gasteiger partial charge is 0.0948 e. The molecule has 96 valence electrons. The van der Waals surface area contributed by atoms with Crippen LogP contribution in [0.2, 0.25) is 0 Å². The predicted octanol–water partition coefficient (Wildman–Crippen LogP) is 2.96. The van der Waals surface area contributed by atoms with E-state index in [2.05, 4.69) is 28.7 Å². The van der Waals surface area contributed by atoms with E-state index in [0.717, 1.165) is 25.0 Å². The minimum Gasteiger partial charge on any atom is -0.333 e. The van der Waals surface area contributed by atoms with Crippen LogP contribution in [0.1, 0.15) is 51.6 Å². The Morgan fingerprint density at radius 3 is 2.82 bits per heavy atom. The molecule has 1 aliphatic carbocycles. The SMILES string of the molecule is CCCn1cncc1CNC1CCC(C)CC1. The average Bonchev–Trinajstić information content (AvgIpc) is 2.77. The van der Waals surface area contributed by atoms with E-state index in [-0.39, 0.29) is 0 Å². The van der Waals surface area contributed by atoms with Gasteiger partial charge in [-0.2, -0.15) is 0 Å². The zero-order valence-corrected chi connectivity index (χ0v) is 11.2. The second-order valence-corrected chi connectivity index (χ2v) is 5.42. The van der Waals surface area contributed by atoms with Crippen LogP contribution < -0.4 is 5.32 Å². The van der Waals surface area contributed by atoms with Gasteiger partial charge in [0.2, 0.25) is 0 Å². The first-order chi connectivity index (χ1) is 8.29. The van der Waals surface area contributed by atoms with Gasteiger partial charge in [0, 0.05) is 25.3 Å². The highest BCUT2D eigenvalue weighted by Gasteiger charge is 2.17. The summed E-state index contributed by atoms with van der Waals surface area (Å²) in [5.74, 6) is 0.929. The van der Waals surface area contributed by atoms with Crippen LogP contribution in [0.15, 0.2) is 12.5 Å². The summed E-state index contributed by atoms with van der Waals surface area (Å²) in [7, 11) is 0. The third-order valence-electron chi connectivity index (χ3n) is 3.85. The van der Waals surface area contributed by atoms with E-state index >= 15 is 0 Å². The van der Waals surface area contributed by atoms with Crippen LogP contribution in [0.4, 0.5) is 0 Å². The number of nitrogens with one attached hydrogen (secondary N) is 1. The first kappa shape index (κ1) is 12.6. The van der Waals surface area contributed by atoms with Gasteiger partial charge in [0.15, 0.2) is 0 Å². The molecular formula is C14H25N3. The van der Waals surface area contributed by atoms with Crippen molar-refractivity contribution < 1.29 is 0 Å². The molecule has 1 aromatic rings. The summed E-state index contributed by atoms with van der Waals surface area (Å²) in [5.41, 5.74) is 1.32. The van der Waals surface area contributed by atoms with Gasteiger partial charge in [-0.05, 0) is 38.0 Å². The molecule has 1 aliphatic rings. The van der Waals surface area contributed by atoms with Gasteiger partial charge in [0.1, 0.15) is 0 Å². The summed E-state index contributed by atoms with van der Waals surface area (Å²) < 4.78 is 2.26. The molecular weight excluding hydrogens is 210 g/mol. The molecule has 0 bridgehead atoms. The summed E-state index contributed by atoms with van der Waals surface area (Å²) >= 11 is 0. The molecule has 0 radical (unpaired) electrons. The van der Waals surface area contributed by atoms with Crippen molar-refractivity contribution in [3.8, 4) is 0 Å². The van der Waals surface area contributed by atoms with E-state index in [4.69, 9.17) is 0 Å². The maximum absolute atomic E-state index is 4.24. The van der Waals surface area contributed by atoms with E-state index < -0.39 is 0 Å². The molecule has 0 aliphatic heterocycles. The van der Waals surface area contributed by atoms with Crippen LogP contribution >= 0.6 is 0 Å². The summed E-state index contributed by atoms with van der Waals surface area (Å²) in [6, 6.07) is 0.719. The van der Waals surface area contributed by atoms with Crippen LogP contribution in [0.5, 0.6) is 0 Å². The maximum atomic E-state index is 4.24. The first-order valence-corrected chi connectivity index (χ1v) is 7.02. The first-order valence-electron chi connectivity index (χ1n) is 7.02. The Bertz CT molecular complexity index is 324. The van der Waals surface area contributed by atoms with Gasteiger partial charge in [0.05, 0.1) is 12.0 Å². The molecule has 0 saturated heterocycles. The lowest BCUT2D eigenvalue weighted by Gasteiger charge is -2.27. The Hall–Kier alpha value is -0.830. The third kappa shape index (κ3) is 3.56. The number of hydrogen-bond acceptors (Lipinski definition) is 2. The van der Waals surface area contributed by atoms with Crippen molar-refractivity contribution in [3.05, 3.63) is 18.2 Å². The van der Waals surface area contributed by atoms with Crippen LogP contribution in [0.25, 0.3) is 0 Å². The van der Waals surface area contributed by atoms with Crippen molar-refractivity contribution in [2.75, 3.05) is 0 Å². The lowest BCUT2D eigenvalue weighted by Crippen LogP contribution is -2.32. The van der Waals surface area contributed by atoms with Gasteiger partial charge in [-0.3, -0.25) is 0 Å². The van der Waals surface area contributed by atoms with Crippen molar-refractivity contribution in [3.63, 3.8) is 0 Å². The molecule has 1 fully saturated rings. The fourth-order valence-corrected chi connectivity index (χ4v) is 2.65. The number of aromatic nitrogens is 2. The summed E-state index contributed by atoms with van der Waals surface area (Å²) in [5, 5.41) is 3.68. The number of aryl methyl sites for hydroxylation is 1. The highest BCUT2D eigenvalue weighted by Crippen LogP contribution is 2.23. The average molecular weight is 235 g/mol. The molecule has 3 nitrogen and oxygen atoms in total. The zero-order valence-electron chi connectivity index (χ0n) is 11.2. The standard InChI is InChI=1S/C14H25N3/c1-3-8-17-11-15-9-14(17)10-16-13-6-4-12(2)5-7-13/h9,11-13,16H,3-8,10H2,1-2H3. The number of imidazole rings is 1. The molecule has 0 unspecified atom stereocenters. The Kier molecular flexibility index (Phi) is 4.60. The Morgan fingerprint density at radius 2 is 2.12 bits per heavy atom. The normalized spacial score (nSPS) is 25.1. The zero-order chi connectivity index (χ0) is 12.1. The Balaban J connectivity index is 1.79. The Labute approximate surface area is 105 Å². The van der Waals surface area contributed by atoms with Gasteiger partial charge in [-0.1, -0.05) is 13.8 Å². The molecule has 0 aromatic carbocycles. The van der Waals surface area contributed by atoms with Gasteiger partial charge in [-0.15, -0.1) is 0 Å². The minimum atomic E-state index is 0.719. The molecule has 0 amide bonds. The third-order valence-corrected chi connectivity index (χ3v) is 3.85. The van der Waals surface area contributed by atoms with E-state index in [1.807, 2.05) is 12.5 Å². The topological polar surface area (TPSA) is 29.9 Å². The van der Waals surface area contributed by atoms with Crippen LogP contribution in [0, 0.1) is 5.92 Å². The van der Waals surface area contributed by atoms with E-state index in [1.54, 1.807) is 0 Å². The predicted molar refractivity (Wildman–Crippen MR) is 70.8 cm³/mol. The quantitative estimate of drug-likeness (QED) is 0.850.